The van der Waals surface area contributed by atoms with Crippen molar-refractivity contribution in [3.63, 3.8) is 0 Å². The van der Waals surface area contributed by atoms with Crippen molar-refractivity contribution in [2.24, 2.45) is 5.92 Å². The average molecular weight is 265 g/mol. The number of likely N-dealkylation sites (tertiary alicyclic amines) is 1. The van der Waals surface area contributed by atoms with Gasteiger partial charge in [0.25, 0.3) is 0 Å². The minimum Gasteiger partial charge on any atom is -0.478 e. The molecule has 1 aliphatic carbocycles. The molecule has 0 atom stereocenters. The van der Waals surface area contributed by atoms with Crippen LogP contribution < -0.4 is 0 Å². The van der Waals surface area contributed by atoms with E-state index in [0.29, 0.717) is 5.91 Å². The van der Waals surface area contributed by atoms with Crippen LogP contribution in [0, 0.1) is 5.92 Å². The van der Waals surface area contributed by atoms with Crippen molar-refractivity contribution in [1.82, 2.24) is 4.90 Å². The Kier molecular flexibility index (Phi) is 5.00. The number of allylic oxidation sites excluding steroid dienone is 1. The average Bonchev–Trinajstić information content (AvgIpc) is 2.67. The summed E-state index contributed by atoms with van der Waals surface area (Å²) < 4.78 is 0. The number of amides is 1. The number of aliphatic carboxylic acids is 1. The number of carbonyl (C=O) groups excluding carboxylic acids is 1. The van der Waals surface area contributed by atoms with E-state index < -0.39 is 5.97 Å². The molecular formula is C15H23NO3. The molecule has 4 nitrogen and oxygen atoms in total. The number of nitrogens with zero attached hydrogens (tertiary/aromatic N) is 1. The number of carboxylic acids is 1. The highest BCUT2D eigenvalue weighted by molar-refractivity contribution is 5.81. The van der Waals surface area contributed by atoms with Gasteiger partial charge in [-0.2, -0.15) is 0 Å². The maximum atomic E-state index is 12.4. The quantitative estimate of drug-likeness (QED) is 0.781. The zero-order valence-corrected chi connectivity index (χ0v) is 11.4. The lowest BCUT2D eigenvalue weighted by molar-refractivity contribution is -0.136. The van der Waals surface area contributed by atoms with Crippen LogP contribution in [0.2, 0.25) is 0 Å². The summed E-state index contributed by atoms with van der Waals surface area (Å²) in [7, 11) is 0. The van der Waals surface area contributed by atoms with Crippen molar-refractivity contribution >= 4 is 11.9 Å². The lowest BCUT2D eigenvalue weighted by Crippen LogP contribution is -2.37. The predicted octanol–water partition coefficient (Wildman–Crippen LogP) is 2.59. The molecule has 0 aromatic rings. The normalized spacial score (nSPS) is 24.7. The van der Waals surface area contributed by atoms with Gasteiger partial charge in [-0.25, -0.2) is 4.79 Å². The standard InChI is InChI=1S/C15H23NO3/c17-14(18)11-12-5-7-13(8-6-12)15(19)16-9-3-1-2-4-10-16/h11,13H,1-10H2,(H,17,18). The smallest absolute Gasteiger partial charge is 0.328 e. The number of hydrogen-bond acceptors (Lipinski definition) is 2. The van der Waals surface area contributed by atoms with Gasteiger partial charge in [0.05, 0.1) is 0 Å². The van der Waals surface area contributed by atoms with Gasteiger partial charge in [0.1, 0.15) is 0 Å². The molecule has 2 aliphatic rings. The molecular weight excluding hydrogens is 242 g/mol. The molecule has 19 heavy (non-hydrogen) atoms. The van der Waals surface area contributed by atoms with Crippen molar-refractivity contribution in [2.45, 2.75) is 51.4 Å². The van der Waals surface area contributed by atoms with Crippen LogP contribution in [0.4, 0.5) is 0 Å². The number of hydrogen-bond donors (Lipinski definition) is 1. The van der Waals surface area contributed by atoms with Crippen molar-refractivity contribution in [3.8, 4) is 0 Å². The van der Waals surface area contributed by atoms with Crippen LogP contribution in [-0.2, 0) is 9.59 Å². The van der Waals surface area contributed by atoms with Crippen molar-refractivity contribution in [3.05, 3.63) is 11.6 Å². The van der Waals surface area contributed by atoms with E-state index in [4.69, 9.17) is 5.11 Å². The number of carbonyl (C=O) groups is 2. The molecule has 1 N–H and O–H groups in total. The Labute approximate surface area is 114 Å². The SMILES string of the molecule is O=C(O)C=C1CCC(C(=O)N2CCCCCC2)CC1. The molecule has 1 aliphatic heterocycles. The Morgan fingerprint density at radius 1 is 1.05 bits per heavy atom. The van der Waals surface area contributed by atoms with Crippen LogP contribution in [-0.4, -0.2) is 35.0 Å². The summed E-state index contributed by atoms with van der Waals surface area (Å²) in [5.74, 6) is -0.451. The van der Waals surface area contributed by atoms with Gasteiger partial charge in [-0.1, -0.05) is 18.4 Å². The fourth-order valence-electron chi connectivity index (χ4n) is 3.10. The van der Waals surface area contributed by atoms with Crippen LogP contribution in [0.5, 0.6) is 0 Å². The summed E-state index contributed by atoms with van der Waals surface area (Å²) in [4.78, 5) is 25.1. The van der Waals surface area contributed by atoms with Gasteiger partial charge in [-0.05, 0) is 38.5 Å². The topological polar surface area (TPSA) is 57.6 Å². The molecule has 4 heteroatoms. The monoisotopic (exact) mass is 265 g/mol. The van der Waals surface area contributed by atoms with Gasteiger partial charge in [-0.15, -0.1) is 0 Å². The molecule has 0 bridgehead atoms. The lowest BCUT2D eigenvalue weighted by atomic mass is 9.84. The number of rotatable bonds is 2. The molecule has 0 radical (unpaired) electrons. The van der Waals surface area contributed by atoms with E-state index in [9.17, 15) is 9.59 Å². The van der Waals surface area contributed by atoms with Gasteiger partial charge in [0, 0.05) is 25.1 Å². The van der Waals surface area contributed by atoms with Crippen LogP contribution in [0.25, 0.3) is 0 Å². The maximum Gasteiger partial charge on any atom is 0.328 e. The summed E-state index contributed by atoms with van der Waals surface area (Å²) >= 11 is 0. The Hall–Kier alpha value is -1.32. The Morgan fingerprint density at radius 2 is 1.63 bits per heavy atom. The predicted molar refractivity (Wildman–Crippen MR) is 72.7 cm³/mol. The Morgan fingerprint density at radius 3 is 2.16 bits per heavy atom. The first-order valence-electron chi connectivity index (χ1n) is 7.38. The molecule has 0 aromatic carbocycles. The molecule has 1 saturated carbocycles. The van der Waals surface area contributed by atoms with E-state index in [-0.39, 0.29) is 5.92 Å². The van der Waals surface area contributed by atoms with Crippen LogP contribution >= 0.6 is 0 Å². The molecule has 0 spiro atoms. The minimum atomic E-state index is -0.868. The summed E-state index contributed by atoms with van der Waals surface area (Å²) in [6.07, 6.45) is 9.19. The molecule has 1 amide bonds. The number of carboxylic acid groups (broad SMARTS) is 1. The third kappa shape index (κ3) is 4.08. The van der Waals surface area contributed by atoms with Crippen molar-refractivity contribution < 1.29 is 14.7 Å². The maximum absolute atomic E-state index is 12.4. The third-order valence-electron chi connectivity index (χ3n) is 4.22. The van der Waals surface area contributed by atoms with E-state index in [1.54, 1.807) is 0 Å². The zero-order chi connectivity index (χ0) is 13.7. The van der Waals surface area contributed by atoms with Crippen LogP contribution in [0.15, 0.2) is 11.6 Å². The molecule has 0 aromatic heterocycles. The van der Waals surface area contributed by atoms with Crippen molar-refractivity contribution in [2.75, 3.05) is 13.1 Å². The van der Waals surface area contributed by atoms with Gasteiger partial charge in [-0.3, -0.25) is 4.79 Å². The van der Waals surface area contributed by atoms with Gasteiger partial charge in [0.2, 0.25) is 5.91 Å². The zero-order valence-electron chi connectivity index (χ0n) is 11.4. The second-order valence-corrected chi connectivity index (χ2v) is 5.65. The second-order valence-electron chi connectivity index (χ2n) is 5.65. The van der Waals surface area contributed by atoms with Crippen LogP contribution in [0.3, 0.4) is 0 Å². The van der Waals surface area contributed by atoms with E-state index >= 15 is 0 Å². The van der Waals surface area contributed by atoms with E-state index in [1.165, 1.54) is 18.9 Å². The Bertz CT molecular complexity index is 358. The molecule has 0 unspecified atom stereocenters. The van der Waals surface area contributed by atoms with Gasteiger partial charge in [0.15, 0.2) is 0 Å². The summed E-state index contributed by atoms with van der Waals surface area (Å²) in [5, 5.41) is 8.72. The fourth-order valence-corrected chi connectivity index (χ4v) is 3.10. The molecule has 2 rings (SSSR count). The summed E-state index contributed by atoms with van der Waals surface area (Å²) in [6, 6.07) is 0. The molecule has 1 heterocycles. The highest BCUT2D eigenvalue weighted by Gasteiger charge is 2.27. The molecule has 2 fully saturated rings. The highest BCUT2D eigenvalue weighted by atomic mass is 16.4. The first kappa shape index (κ1) is 14.1. The minimum absolute atomic E-state index is 0.115. The van der Waals surface area contributed by atoms with Gasteiger partial charge >= 0.3 is 5.97 Å². The fraction of sp³-hybridized carbons (Fsp3) is 0.733. The largest absolute Gasteiger partial charge is 0.478 e. The van der Waals surface area contributed by atoms with Crippen molar-refractivity contribution in [1.29, 1.82) is 0 Å². The first-order chi connectivity index (χ1) is 9.16. The lowest BCUT2D eigenvalue weighted by Gasteiger charge is -2.29. The molecule has 106 valence electrons. The molecule has 1 saturated heterocycles. The highest BCUT2D eigenvalue weighted by Crippen LogP contribution is 2.30. The van der Waals surface area contributed by atoms with Gasteiger partial charge < -0.3 is 10.0 Å². The van der Waals surface area contributed by atoms with Crippen LogP contribution in [0.1, 0.15) is 51.4 Å². The Balaban J connectivity index is 1.86. The van der Waals surface area contributed by atoms with E-state index in [2.05, 4.69) is 0 Å². The van der Waals surface area contributed by atoms with E-state index in [1.807, 2.05) is 4.90 Å². The first-order valence-corrected chi connectivity index (χ1v) is 7.38. The summed E-state index contributed by atoms with van der Waals surface area (Å²) in [5.41, 5.74) is 0.979. The summed E-state index contributed by atoms with van der Waals surface area (Å²) in [6.45, 7) is 1.82. The van der Waals surface area contributed by atoms with E-state index in [0.717, 1.165) is 57.2 Å². The third-order valence-corrected chi connectivity index (χ3v) is 4.22. The second kappa shape index (κ2) is 6.73.